The van der Waals surface area contributed by atoms with Gasteiger partial charge in [0.2, 0.25) is 5.88 Å². The minimum absolute atomic E-state index is 0.372. The summed E-state index contributed by atoms with van der Waals surface area (Å²) in [4.78, 5) is 9.55. The lowest BCUT2D eigenvalue weighted by molar-refractivity contribution is 0.0623. The third-order valence-corrected chi connectivity index (χ3v) is 11.1. The van der Waals surface area contributed by atoms with Crippen molar-refractivity contribution in [3.05, 3.63) is 82.0 Å². The molecule has 6 rings (SSSR count). The molecule has 266 valence electrons. The van der Waals surface area contributed by atoms with E-state index in [4.69, 9.17) is 47.1 Å². The fourth-order valence-electron chi connectivity index (χ4n) is 7.27. The Bertz CT molecular complexity index is 1610. The molecule has 2 aliphatic rings. The van der Waals surface area contributed by atoms with E-state index in [2.05, 4.69) is 33.8 Å². The predicted molar refractivity (Wildman–Crippen MR) is 201 cm³/mol. The number of methoxy groups -OCH3 is 4. The normalized spacial score (nSPS) is 20.8. The van der Waals surface area contributed by atoms with E-state index in [1.807, 2.05) is 36.4 Å². The highest BCUT2D eigenvalue weighted by atomic mass is 35.5. The molecule has 2 fully saturated rings. The van der Waals surface area contributed by atoms with Gasteiger partial charge in [-0.2, -0.15) is 0 Å². The maximum atomic E-state index is 7.14. The SMILES string of the molecule is COc1cc(-c2nccc(-c3cccc(-c4ccc(CNC5CCC(OC)CC5)c(OC)n4)c3Cl)c2Cl)ccc1CNC1CCC(OC)CC1. The maximum absolute atomic E-state index is 7.14. The topological polar surface area (TPSA) is 86.8 Å². The molecular weight excluding hydrogens is 671 g/mol. The molecule has 2 aromatic heterocycles. The van der Waals surface area contributed by atoms with Crippen LogP contribution >= 0.6 is 23.2 Å². The largest absolute Gasteiger partial charge is 0.496 e. The Kier molecular flexibility index (Phi) is 12.7. The van der Waals surface area contributed by atoms with Gasteiger partial charge in [-0.1, -0.05) is 59.6 Å². The van der Waals surface area contributed by atoms with Gasteiger partial charge in [0.15, 0.2) is 0 Å². The molecular formula is C40H48Cl2N4O4. The summed E-state index contributed by atoms with van der Waals surface area (Å²) in [7, 11) is 6.95. The van der Waals surface area contributed by atoms with E-state index in [0.29, 0.717) is 52.5 Å². The number of ether oxygens (including phenoxy) is 4. The molecule has 0 spiro atoms. The van der Waals surface area contributed by atoms with Crippen molar-refractivity contribution in [2.45, 2.75) is 88.7 Å². The third-order valence-electron chi connectivity index (χ3n) is 10.3. The van der Waals surface area contributed by atoms with Crippen molar-refractivity contribution in [1.29, 1.82) is 0 Å². The van der Waals surface area contributed by atoms with Crippen LogP contribution in [0.15, 0.2) is 60.8 Å². The number of pyridine rings is 2. The minimum atomic E-state index is 0.372. The Morgan fingerprint density at radius 3 is 1.88 bits per heavy atom. The van der Waals surface area contributed by atoms with Gasteiger partial charge >= 0.3 is 0 Å². The van der Waals surface area contributed by atoms with Crippen LogP contribution in [0.3, 0.4) is 0 Å². The number of halogens is 2. The molecule has 2 saturated carbocycles. The first-order chi connectivity index (χ1) is 24.4. The zero-order valence-electron chi connectivity index (χ0n) is 29.4. The molecule has 0 saturated heterocycles. The van der Waals surface area contributed by atoms with Crippen LogP contribution in [-0.4, -0.2) is 62.7 Å². The Morgan fingerprint density at radius 1 is 0.660 bits per heavy atom. The van der Waals surface area contributed by atoms with Crippen molar-refractivity contribution in [3.8, 4) is 45.3 Å². The Labute approximate surface area is 306 Å². The minimum Gasteiger partial charge on any atom is -0.496 e. The van der Waals surface area contributed by atoms with Crippen molar-refractivity contribution in [2.75, 3.05) is 28.4 Å². The van der Waals surface area contributed by atoms with E-state index in [-0.39, 0.29) is 0 Å². The van der Waals surface area contributed by atoms with Gasteiger partial charge in [-0.15, -0.1) is 0 Å². The average molecular weight is 720 g/mol. The van der Waals surface area contributed by atoms with Crippen LogP contribution in [0.1, 0.15) is 62.5 Å². The van der Waals surface area contributed by atoms with Crippen LogP contribution in [-0.2, 0) is 22.6 Å². The molecule has 10 heteroatoms. The van der Waals surface area contributed by atoms with Crippen LogP contribution in [0.25, 0.3) is 33.6 Å². The summed E-state index contributed by atoms with van der Waals surface area (Å²) in [6, 6.07) is 18.9. The molecule has 0 radical (unpaired) electrons. The van der Waals surface area contributed by atoms with Crippen LogP contribution in [0, 0.1) is 0 Å². The second-order valence-corrected chi connectivity index (χ2v) is 14.0. The number of nitrogens with one attached hydrogen (secondary N) is 2. The molecule has 0 aliphatic heterocycles. The van der Waals surface area contributed by atoms with Crippen LogP contribution in [0.5, 0.6) is 11.6 Å². The molecule has 4 aromatic rings. The van der Waals surface area contributed by atoms with Crippen molar-refractivity contribution in [2.24, 2.45) is 0 Å². The van der Waals surface area contributed by atoms with Gasteiger partial charge < -0.3 is 29.6 Å². The predicted octanol–water partition coefficient (Wildman–Crippen LogP) is 8.90. The van der Waals surface area contributed by atoms with Gasteiger partial charge in [0.05, 0.1) is 47.9 Å². The van der Waals surface area contributed by atoms with E-state index in [9.17, 15) is 0 Å². The van der Waals surface area contributed by atoms with E-state index in [1.165, 1.54) is 0 Å². The Morgan fingerprint density at radius 2 is 1.26 bits per heavy atom. The van der Waals surface area contributed by atoms with Gasteiger partial charge in [0.25, 0.3) is 0 Å². The van der Waals surface area contributed by atoms with Crippen LogP contribution < -0.4 is 20.1 Å². The van der Waals surface area contributed by atoms with Crippen LogP contribution in [0.4, 0.5) is 0 Å². The van der Waals surface area contributed by atoms with Gasteiger partial charge in [-0.05, 0) is 69.6 Å². The lowest BCUT2D eigenvalue weighted by atomic mass is 9.93. The maximum Gasteiger partial charge on any atom is 0.218 e. The number of benzene rings is 2. The zero-order chi connectivity index (χ0) is 35.0. The highest BCUT2D eigenvalue weighted by Crippen LogP contribution is 2.42. The molecule has 2 aromatic carbocycles. The molecule has 0 bridgehead atoms. The fraction of sp³-hybridized carbons (Fsp3) is 0.450. The highest BCUT2D eigenvalue weighted by molar-refractivity contribution is 6.39. The van der Waals surface area contributed by atoms with Crippen molar-refractivity contribution in [1.82, 2.24) is 20.6 Å². The average Bonchev–Trinajstić information content (AvgIpc) is 3.17. The Balaban J connectivity index is 1.19. The molecule has 0 atom stereocenters. The molecule has 2 N–H and O–H groups in total. The monoisotopic (exact) mass is 718 g/mol. The lowest BCUT2D eigenvalue weighted by Gasteiger charge is -2.28. The standard InChI is InChI=1S/C40H48Cl2N4O4/c1-47-30-15-11-28(12-16-30)44-23-26-9-8-25(22-36(26)49-3)39-38(42)33(20-21-43-39)32-6-5-7-34(37(32)41)35-19-10-27(40(46-35)50-4)24-45-29-13-17-31(48-2)18-14-29/h5-10,19-22,28-31,44-45H,11-18,23-24H2,1-4H3. The third kappa shape index (κ3) is 8.44. The Hall–Kier alpha value is -3.24. The summed E-state index contributed by atoms with van der Waals surface area (Å²) >= 11 is 14.3. The fourth-order valence-corrected chi connectivity index (χ4v) is 7.92. The number of hydrogen-bond donors (Lipinski definition) is 2. The van der Waals surface area contributed by atoms with Crippen molar-refractivity contribution < 1.29 is 18.9 Å². The van der Waals surface area contributed by atoms with E-state index >= 15 is 0 Å². The molecule has 0 amide bonds. The molecule has 0 unspecified atom stereocenters. The van der Waals surface area contributed by atoms with Gasteiger partial charge in [0.1, 0.15) is 5.75 Å². The summed E-state index contributed by atoms with van der Waals surface area (Å²) < 4.78 is 22.6. The number of hydrogen-bond acceptors (Lipinski definition) is 8. The van der Waals surface area contributed by atoms with Crippen molar-refractivity contribution in [3.63, 3.8) is 0 Å². The first kappa shape index (κ1) is 36.5. The number of aromatic nitrogens is 2. The number of rotatable bonds is 13. The summed E-state index contributed by atoms with van der Waals surface area (Å²) in [5, 5.41) is 8.45. The first-order valence-corrected chi connectivity index (χ1v) is 18.3. The van der Waals surface area contributed by atoms with Gasteiger partial charge in [-0.25, -0.2) is 4.98 Å². The van der Waals surface area contributed by atoms with Crippen molar-refractivity contribution >= 4 is 23.2 Å². The van der Waals surface area contributed by atoms with Gasteiger partial charge in [0, 0.05) is 79.0 Å². The van der Waals surface area contributed by atoms with Gasteiger partial charge in [-0.3, -0.25) is 4.98 Å². The lowest BCUT2D eigenvalue weighted by Crippen LogP contribution is -2.34. The summed E-state index contributed by atoms with van der Waals surface area (Å²) in [5.74, 6) is 1.37. The highest BCUT2D eigenvalue weighted by Gasteiger charge is 2.23. The quantitative estimate of drug-likeness (QED) is 0.142. The van der Waals surface area contributed by atoms with E-state index < -0.39 is 0 Å². The first-order valence-electron chi connectivity index (χ1n) is 17.6. The second-order valence-electron chi connectivity index (χ2n) is 13.3. The zero-order valence-corrected chi connectivity index (χ0v) is 30.9. The summed E-state index contributed by atoms with van der Waals surface area (Å²) in [6.45, 7) is 1.40. The molecule has 2 aliphatic carbocycles. The molecule has 2 heterocycles. The molecule has 8 nitrogen and oxygen atoms in total. The van der Waals surface area contributed by atoms with E-state index in [1.54, 1.807) is 34.6 Å². The smallest absolute Gasteiger partial charge is 0.218 e. The summed E-state index contributed by atoms with van der Waals surface area (Å²) in [5.41, 5.74) is 6.73. The summed E-state index contributed by atoms with van der Waals surface area (Å²) in [6.07, 6.45) is 11.3. The van der Waals surface area contributed by atoms with E-state index in [0.717, 1.165) is 103 Å². The molecule has 50 heavy (non-hydrogen) atoms. The number of nitrogens with zero attached hydrogens (tertiary/aromatic N) is 2. The van der Waals surface area contributed by atoms with Crippen LogP contribution in [0.2, 0.25) is 10.0 Å². The second kappa shape index (κ2) is 17.3.